The van der Waals surface area contributed by atoms with Crippen molar-refractivity contribution >= 4 is 0 Å². The molecule has 0 radical (unpaired) electrons. The van der Waals surface area contributed by atoms with Gasteiger partial charge in [-0.2, -0.15) is 0 Å². The molecular formula is C15H20N2O2. The van der Waals surface area contributed by atoms with Crippen LogP contribution in [0.1, 0.15) is 35.9 Å². The lowest BCUT2D eigenvalue weighted by Crippen LogP contribution is -2.18. The number of oxazole rings is 1. The second-order valence-electron chi connectivity index (χ2n) is 4.59. The van der Waals surface area contributed by atoms with E-state index in [4.69, 9.17) is 9.15 Å². The average Bonchev–Trinajstić information content (AvgIpc) is 2.75. The second-order valence-corrected chi connectivity index (χ2v) is 4.59. The van der Waals surface area contributed by atoms with Crippen LogP contribution in [0.2, 0.25) is 0 Å². The largest absolute Gasteiger partial charge is 0.496 e. The van der Waals surface area contributed by atoms with E-state index in [-0.39, 0.29) is 6.04 Å². The van der Waals surface area contributed by atoms with Crippen LogP contribution in [0.3, 0.4) is 0 Å². The van der Waals surface area contributed by atoms with Gasteiger partial charge in [0.15, 0.2) is 0 Å². The number of methoxy groups -OCH3 is 1. The van der Waals surface area contributed by atoms with Crippen LogP contribution >= 0.6 is 0 Å². The maximum atomic E-state index is 5.55. The van der Waals surface area contributed by atoms with E-state index in [0.29, 0.717) is 6.54 Å². The normalized spacial score (nSPS) is 12.4. The Balaban J connectivity index is 2.03. The molecule has 0 aliphatic rings. The highest BCUT2D eigenvalue weighted by atomic mass is 16.5. The van der Waals surface area contributed by atoms with Crippen molar-refractivity contribution in [2.24, 2.45) is 0 Å². The van der Waals surface area contributed by atoms with E-state index in [2.05, 4.69) is 23.3 Å². The minimum Gasteiger partial charge on any atom is -0.496 e. The fraction of sp³-hybridized carbons (Fsp3) is 0.400. The van der Waals surface area contributed by atoms with Gasteiger partial charge in [0.2, 0.25) is 5.89 Å². The van der Waals surface area contributed by atoms with Crippen LogP contribution in [0.15, 0.2) is 28.7 Å². The molecule has 0 aliphatic heterocycles. The van der Waals surface area contributed by atoms with E-state index in [1.54, 1.807) is 7.11 Å². The predicted molar refractivity (Wildman–Crippen MR) is 74.2 cm³/mol. The second kappa shape index (κ2) is 5.89. The number of hydrogen-bond acceptors (Lipinski definition) is 4. The van der Waals surface area contributed by atoms with Gasteiger partial charge in [-0.1, -0.05) is 18.2 Å². The average molecular weight is 260 g/mol. The molecule has 0 fully saturated rings. The van der Waals surface area contributed by atoms with E-state index in [0.717, 1.165) is 28.7 Å². The molecule has 1 atom stereocenters. The Morgan fingerprint density at radius 2 is 2.05 bits per heavy atom. The molecule has 0 bridgehead atoms. The van der Waals surface area contributed by atoms with Crippen molar-refractivity contribution in [2.75, 3.05) is 7.11 Å². The number of rotatable bonds is 5. The molecule has 102 valence electrons. The fourth-order valence-electron chi connectivity index (χ4n) is 1.99. The van der Waals surface area contributed by atoms with Gasteiger partial charge in [-0.15, -0.1) is 0 Å². The molecule has 19 heavy (non-hydrogen) atoms. The van der Waals surface area contributed by atoms with E-state index in [1.165, 1.54) is 0 Å². The molecule has 0 amide bonds. The number of nitrogens with zero attached hydrogens (tertiary/aromatic N) is 1. The molecule has 1 heterocycles. The summed E-state index contributed by atoms with van der Waals surface area (Å²) >= 11 is 0. The standard InChI is InChI=1S/C15H20N2O2/c1-10-12(3)19-15(17-10)9-16-11(2)13-7-5-6-8-14(13)18-4/h5-8,11,16H,9H2,1-4H3/t11-/m1/s1. The van der Waals surface area contributed by atoms with Crippen LogP contribution in [-0.4, -0.2) is 12.1 Å². The molecule has 4 nitrogen and oxygen atoms in total. The summed E-state index contributed by atoms with van der Waals surface area (Å²) in [6.45, 7) is 6.58. The number of nitrogens with one attached hydrogen (secondary N) is 1. The van der Waals surface area contributed by atoms with Crippen LogP contribution in [0.5, 0.6) is 5.75 Å². The molecule has 0 unspecified atom stereocenters. The third kappa shape index (κ3) is 3.15. The van der Waals surface area contributed by atoms with Crippen molar-refractivity contribution in [3.05, 3.63) is 47.2 Å². The first-order valence-electron chi connectivity index (χ1n) is 6.41. The molecule has 4 heteroatoms. The quantitative estimate of drug-likeness (QED) is 0.897. The van der Waals surface area contributed by atoms with Gasteiger partial charge in [0, 0.05) is 11.6 Å². The number of benzene rings is 1. The van der Waals surface area contributed by atoms with Crippen molar-refractivity contribution in [3.8, 4) is 5.75 Å². The van der Waals surface area contributed by atoms with Crippen molar-refractivity contribution in [3.63, 3.8) is 0 Å². The molecule has 0 aliphatic carbocycles. The first kappa shape index (κ1) is 13.6. The Bertz CT molecular complexity index is 529. The van der Waals surface area contributed by atoms with Crippen molar-refractivity contribution in [2.45, 2.75) is 33.4 Å². The van der Waals surface area contributed by atoms with Crippen molar-refractivity contribution < 1.29 is 9.15 Å². The van der Waals surface area contributed by atoms with Crippen molar-refractivity contribution in [1.82, 2.24) is 10.3 Å². The number of ether oxygens (including phenoxy) is 1. The third-order valence-electron chi connectivity index (χ3n) is 3.24. The monoisotopic (exact) mass is 260 g/mol. The maximum absolute atomic E-state index is 5.55. The molecule has 1 aromatic heterocycles. The lowest BCUT2D eigenvalue weighted by molar-refractivity contribution is 0.394. The maximum Gasteiger partial charge on any atom is 0.208 e. The fourth-order valence-corrected chi connectivity index (χ4v) is 1.99. The topological polar surface area (TPSA) is 47.3 Å². The van der Waals surface area contributed by atoms with Gasteiger partial charge in [-0.3, -0.25) is 0 Å². The Morgan fingerprint density at radius 3 is 2.68 bits per heavy atom. The predicted octanol–water partition coefficient (Wildman–Crippen LogP) is 3.15. The van der Waals surface area contributed by atoms with Gasteiger partial charge in [-0.25, -0.2) is 4.98 Å². The third-order valence-corrected chi connectivity index (χ3v) is 3.24. The molecule has 2 rings (SSSR count). The molecule has 0 saturated carbocycles. The van der Waals surface area contributed by atoms with Gasteiger partial charge < -0.3 is 14.5 Å². The van der Waals surface area contributed by atoms with Crippen LogP contribution in [0.4, 0.5) is 0 Å². The number of aryl methyl sites for hydroxylation is 2. The Morgan fingerprint density at radius 1 is 1.32 bits per heavy atom. The van der Waals surface area contributed by atoms with E-state index < -0.39 is 0 Å². The summed E-state index contributed by atoms with van der Waals surface area (Å²) in [6, 6.07) is 8.17. The molecule has 0 saturated heterocycles. The van der Waals surface area contributed by atoms with E-state index >= 15 is 0 Å². The van der Waals surface area contributed by atoms with Gasteiger partial charge in [-0.05, 0) is 26.8 Å². The smallest absolute Gasteiger partial charge is 0.208 e. The minimum absolute atomic E-state index is 0.170. The first-order valence-corrected chi connectivity index (χ1v) is 6.41. The van der Waals surface area contributed by atoms with Crippen LogP contribution < -0.4 is 10.1 Å². The molecular weight excluding hydrogens is 240 g/mol. The summed E-state index contributed by atoms with van der Waals surface area (Å²) in [7, 11) is 1.69. The minimum atomic E-state index is 0.170. The molecule has 1 N–H and O–H groups in total. The number of para-hydroxylation sites is 1. The summed E-state index contributed by atoms with van der Waals surface area (Å²) in [6.07, 6.45) is 0. The zero-order chi connectivity index (χ0) is 13.8. The van der Waals surface area contributed by atoms with Gasteiger partial charge in [0.05, 0.1) is 19.3 Å². The van der Waals surface area contributed by atoms with Gasteiger partial charge in [0.1, 0.15) is 11.5 Å². The zero-order valence-electron chi connectivity index (χ0n) is 11.9. The summed E-state index contributed by atoms with van der Waals surface area (Å²) in [5, 5.41) is 3.39. The van der Waals surface area contributed by atoms with E-state index in [9.17, 15) is 0 Å². The Labute approximate surface area is 113 Å². The van der Waals surface area contributed by atoms with Crippen LogP contribution in [0.25, 0.3) is 0 Å². The number of aromatic nitrogens is 1. The zero-order valence-corrected chi connectivity index (χ0v) is 11.9. The summed E-state index contributed by atoms with van der Waals surface area (Å²) in [4.78, 5) is 4.36. The lowest BCUT2D eigenvalue weighted by atomic mass is 10.1. The van der Waals surface area contributed by atoms with Gasteiger partial charge >= 0.3 is 0 Å². The lowest BCUT2D eigenvalue weighted by Gasteiger charge is -2.16. The molecule has 2 aromatic rings. The first-order chi connectivity index (χ1) is 9.11. The highest BCUT2D eigenvalue weighted by Crippen LogP contribution is 2.24. The summed E-state index contributed by atoms with van der Waals surface area (Å²) < 4.78 is 10.9. The summed E-state index contributed by atoms with van der Waals surface area (Å²) in [5.74, 6) is 2.49. The molecule has 1 aromatic carbocycles. The Hall–Kier alpha value is -1.81. The molecule has 0 spiro atoms. The SMILES string of the molecule is COc1ccccc1[C@@H](C)NCc1nc(C)c(C)o1. The van der Waals surface area contributed by atoms with Crippen molar-refractivity contribution in [1.29, 1.82) is 0 Å². The Kier molecular flexibility index (Phi) is 4.22. The number of hydrogen-bond donors (Lipinski definition) is 1. The summed E-state index contributed by atoms with van der Waals surface area (Å²) in [5.41, 5.74) is 2.08. The van der Waals surface area contributed by atoms with Crippen LogP contribution in [-0.2, 0) is 6.54 Å². The van der Waals surface area contributed by atoms with Gasteiger partial charge in [0.25, 0.3) is 0 Å². The van der Waals surface area contributed by atoms with Crippen LogP contribution in [0, 0.1) is 13.8 Å². The highest BCUT2D eigenvalue weighted by molar-refractivity contribution is 5.35. The van der Waals surface area contributed by atoms with E-state index in [1.807, 2.05) is 32.0 Å². The highest BCUT2D eigenvalue weighted by Gasteiger charge is 2.12.